The lowest BCUT2D eigenvalue weighted by atomic mass is 9.77. The number of nitrogens with zero attached hydrogens (tertiary/aromatic N) is 5. The number of halogens is 1. The first-order valence-corrected chi connectivity index (χ1v) is 13.8. The van der Waals surface area contributed by atoms with Crippen molar-refractivity contribution < 1.29 is 23.9 Å². The van der Waals surface area contributed by atoms with Crippen molar-refractivity contribution in [2.45, 2.75) is 31.7 Å². The van der Waals surface area contributed by atoms with Crippen LogP contribution in [0.2, 0.25) is 0 Å². The number of nitrogen functional groups attached to an aromatic ring is 1. The first kappa shape index (κ1) is 28.4. The summed E-state index contributed by atoms with van der Waals surface area (Å²) in [7, 11) is 0. The van der Waals surface area contributed by atoms with Crippen LogP contribution in [0.4, 0.5) is 16.0 Å². The van der Waals surface area contributed by atoms with Gasteiger partial charge in [-0.25, -0.2) is 24.0 Å². The van der Waals surface area contributed by atoms with Crippen molar-refractivity contribution in [1.29, 1.82) is 0 Å². The number of hydrogen-bond acceptors (Lipinski definition) is 8. The van der Waals surface area contributed by atoms with Gasteiger partial charge in [-0.3, -0.25) is 14.4 Å². The first-order chi connectivity index (χ1) is 21.1. The Kier molecular flexibility index (Phi) is 7.21. The maximum Gasteiger partial charge on any atom is 0.322 e. The highest BCUT2D eigenvalue weighted by atomic mass is 19.1. The molecule has 4 heterocycles. The molecule has 2 aromatic carbocycles. The molecule has 2 amide bonds. The summed E-state index contributed by atoms with van der Waals surface area (Å²) in [6, 6.07) is 17.2. The van der Waals surface area contributed by atoms with E-state index in [1.165, 1.54) is 6.07 Å². The van der Waals surface area contributed by atoms with Gasteiger partial charge in [0.05, 0.1) is 17.5 Å². The molecule has 0 fully saturated rings. The third-order valence-corrected chi connectivity index (χ3v) is 7.73. The van der Waals surface area contributed by atoms with Gasteiger partial charge < -0.3 is 21.5 Å². The number of aryl methyl sites for hydroxylation is 1. The van der Waals surface area contributed by atoms with Crippen LogP contribution < -0.4 is 16.4 Å². The Morgan fingerprint density at radius 2 is 1.86 bits per heavy atom. The van der Waals surface area contributed by atoms with Gasteiger partial charge in [0, 0.05) is 18.2 Å². The summed E-state index contributed by atoms with van der Waals surface area (Å²) in [5, 5.41) is 19.2. The molecular formula is C31H27FN8O4. The van der Waals surface area contributed by atoms with Gasteiger partial charge in [-0.15, -0.1) is 0 Å². The number of carboxylic acid groups (broad SMARTS) is 1. The second-order valence-electron chi connectivity index (χ2n) is 10.6. The van der Waals surface area contributed by atoms with Gasteiger partial charge in [-0.2, -0.15) is 5.10 Å². The number of benzene rings is 2. The zero-order chi connectivity index (χ0) is 31.0. The van der Waals surface area contributed by atoms with Crippen molar-refractivity contribution in [2.24, 2.45) is 0 Å². The van der Waals surface area contributed by atoms with Crippen LogP contribution in [-0.4, -0.2) is 54.2 Å². The predicted molar refractivity (Wildman–Crippen MR) is 159 cm³/mol. The predicted octanol–water partition coefficient (Wildman–Crippen LogP) is 3.05. The molecular weight excluding hydrogens is 567 g/mol. The number of amides is 2. The summed E-state index contributed by atoms with van der Waals surface area (Å²) in [5.41, 5.74) is 8.59. The van der Waals surface area contributed by atoms with Crippen molar-refractivity contribution in [1.82, 2.24) is 30.0 Å². The molecule has 3 aromatic heterocycles. The third kappa shape index (κ3) is 5.08. The molecule has 0 bridgehead atoms. The highest BCUT2D eigenvalue weighted by molar-refractivity contribution is 6.09. The summed E-state index contributed by atoms with van der Waals surface area (Å²) < 4.78 is 16.0. The fraction of sp³-hybridized carbons (Fsp3) is 0.194. The van der Waals surface area contributed by atoms with Gasteiger partial charge in [0.25, 0.3) is 0 Å². The summed E-state index contributed by atoms with van der Waals surface area (Å²) in [4.78, 5) is 49.6. The maximum atomic E-state index is 14.4. The number of pyridine rings is 1. The molecule has 1 aliphatic rings. The largest absolute Gasteiger partial charge is 0.480 e. The van der Waals surface area contributed by atoms with Crippen molar-refractivity contribution >= 4 is 40.5 Å². The molecule has 13 heteroatoms. The lowest BCUT2D eigenvalue weighted by Crippen LogP contribution is -2.33. The second-order valence-corrected chi connectivity index (χ2v) is 10.6. The van der Waals surface area contributed by atoms with Crippen LogP contribution in [0.3, 0.4) is 0 Å². The molecule has 6 rings (SSSR count). The van der Waals surface area contributed by atoms with Crippen molar-refractivity contribution in [3.8, 4) is 11.5 Å². The van der Waals surface area contributed by atoms with Gasteiger partial charge in [0.2, 0.25) is 11.8 Å². The third-order valence-electron chi connectivity index (χ3n) is 7.73. The normalized spacial score (nSPS) is 15.6. The molecule has 44 heavy (non-hydrogen) atoms. The molecule has 5 aromatic rings. The Hall–Kier alpha value is -5.72. The van der Waals surface area contributed by atoms with Crippen LogP contribution in [0.5, 0.6) is 0 Å². The van der Waals surface area contributed by atoms with Crippen LogP contribution >= 0.6 is 0 Å². The number of rotatable bonds is 9. The zero-order valence-corrected chi connectivity index (χ0v) is 23.5. The number of carbonyl (C=O) groups is 3. The van der Waals surface area contributed by atoms with E-state index < -0.39 is 17.9 Å². The monoisotopic (exact) mass is 594 g/mol. The molecule has 1 aliphatic heterocycles. The lowest BCUT2D eigenvalue weighted by molar-refractivity contribution is -0.137. The maximum absolute atomic E-state index is 14.4. The molecule has 5 N–H and O–H groups in total. The Morgan fingerprint density at radius 1 is 1.09 bits per heavy atom. The van der Waals surface area contributed by atoms with Crippen molar-refractivity contribution in [3.05, 3.63) is 94.9 Å². The SMILES string of the molecule is C[C@]1(c2ccc(CCC(=O)NCC(=O)O)cc2)C(=O)Nc2nc(-c3nn(Cc4ccccc4F)c4ncccc34)nc(N)c21. The summed E-state index contributed by atoms with van der Waals surface area (Å²) in [6.45, 7) is 1.45. The molecule has 0 spiro atoms. The number of anilines is 2. The number of fused-ring (bicyclic) bond motifs is 2. The number of carbonyl (C=O) groups excluding carboxylic acids is 2. The number of aliphatic carboxylic acids is 1. The number of nitrogens with one attached hydrogen (secondary N) is 2. The van der Waals surface area contributed by atoms with E-state index in [1.54, 1.807) is 54.2 Å². The average Bonchev–Trinajstić information content (AvgIpc) is 3.51. The van der Waals surface area contributed by atoms with E-state index in [0.717, 1.165) is 5.56 Å². The van der Waals surface area contributed by atoms with E-state index in [2.05, 4.69) is 30.7 Å². The fourth-order valence-electron chi connectivity index (χ4n) is 5.39. The highest BCUT2D eigenvalue weighted by Crippen LogP contribution is 2.45. The Bertz CT molecular complexity index is 1940. The van der Waals surface area contributed by atoms with E-state index in [1.807, 2.05) is 18.2 Å². The number of nitrogens with two attached hydrogens (primary N) is 1. The number of aromatic nitrogens is 5. The van der Waals surface area contributed by atoms with E-state index in [9.17, 15) is 18.8 Å². The first-order valence-electron chi connectivity index (χ1n) is 13.8. The van der Waals surface area contributed by atoms with Crippen LogP contribution in [-0.2, 0) is 32.8 Å². The Morgan fingerprint density at radius 3 is 2.61 bits per heavy atom. The van der Waals surface area contributed by atoms with Crippen LogP contribution in [0.25, 0.3) is 22.6 Å². The summed E-state index contributed by atoms with van der Waals surface area (Å²) >= 11 is 0. The Balaban J connectivity index is 1.30. The van der Waals surface area contributed by atoms with Gasteiger partial charge in [-0.05, 0) is 42.7 Å². The van der Waals surface area contributed by atoms with Gasteiger partial charge in [0.15, 0.2) is 11.5 Å². The van der Waals surface area contributed by atoms with Crippen LogP contribution in [0, 0.1) is 5.82 Å². The Labute approximate surface area is 250 Å². The lowest BCUT2D eigenvalue weighted by Gasteiger charge is -2.23. The molecule has 0 saturated heterocycles. The minimum Gasteiger partial charge on any atom is -0.480 e. The smallest absolute Gasteiger partial charge is 0.322 e. The van der Waals surface area contributed by atoms with E-state index in [-0.39, 0.29) is 48.1 Å². The van der Waals surface area contributed by atoms with Crippen molar-refractivity contribution in [3.63, 3.8) is 0 Å². The van der Waals surface area contributed by atoms with Crippen LogP contribution in [0.15, 0.2) is 66.9 Å². The summed E-state index contributed by atoms with van der Waals surface area (Å²) in [5.74, 6) is -1.61. The van der Waals surface area contributed by atoms with Gasteiger partial charge >= 0.3 is 5.97 Å². The number of hydrogen-bond donors (Lipinski definition) is 4. The molecule has 0 unspecified atom stereocenters. The fourth-order valence-corrected chi connectivity index (χ4v) is 5.39. The van der Waals surface area contributed by atoms with E-state index >= 15 is 0 Å². The van der Waals surface area contributed by atoms with Crippen molar-refractivity contribution in [2.75, 3.05) is 17.6 Å². The topological polar surface area (TPSA) is 178 Å². The quantitative estimate of drug-likeness (QED) is 0.200. The molecule has 222 valence electrons. The number of carboxylic acids is 1. The van der Waals surface area contributed by atoms with Crippen LogP contribution in [0.1, 0.15) is 35.6 Å². The zero-order valence-electron chi connectivity index (χ0n) is 23.5. The summed E-state index contributed by atoms with van der Waals surface area (Å²) in [6.07, 6.45) is 2.14. The molecule has 0 aliphatic carbocycles. The molecule has 12 nitrogen and oxygen atoms in total. The average molecular weight is 595 g/mol. The highest BCUT2D eigenvalue weighted by Gasteiger charge is 2.47. The van der Waals surface area contributed by atoms with E-state index in [4.69, 9.17) is 10.8 Å². The molecule has 0 radical (unpaired) electrons. The standard InChI is InChI=1S/C31H27FN8O4/c1-31(19-11-8-17(9-12-19)10-13-22(41)35-15-23(42)43)24-26(33)36-28(37-27(24)38-30(31)44)25-20-6-4-14-34-29(20)40(39-25)16-18-5-2-3-7-21(18)32/h2-9,11-12,14H,10,13,15-16H2,1H3,(H,35,41)(H,42,43)(H3,33,36,37,38,44)/t31-/m1/s1. The molecule has 0 saturated carbocycles. The van der Waals surface area contributed by atoms with Gasteiger partial charge in [-0.1, -0.05) is 42.5 Å². The second kappa shape index (κ2) is 11.2. The van der Waals surface area contributed by atoms with Gasteiger partial charge in [0.1, 0.15) is 35.1 Å². The molecule has 1 atom stereocenters. The minimum absolute atomic E-state index is 0.103. The minimum atomic E-state index is -1.19. The van der Waals surface area contributed by atoms with E-state index in [0.29, 0.717) is 39.8 Å².